The van der Waals surface area contributed by atoms with Crippen LogP contribution >= 0.6 is 0 Å². The van der Waals surface area contributed by atoms with Crippen LogP contribution in [0.2, 0.25) is 0 Å². The molecule has 0 aliphatic rings. The van der Waals surface area contributed by atoms with Gasteiger partial charge in [0.15, 0.2) is 11.6 Å². The SMILES string of the molecule is CCOc1ncccc1C(=O)N[C@H](C)c1ccc(OC)c(F)c1. The number of hydrogen-bond donors (Lipinski definition) is 1. The quantitative estimate of drug-likeness (QED) is 0.889. The van der Waals surface area contributed by atoms with Gasteiger partial charge in [0.05, 0.1) is 19.8 Å². The third-order valence-corrected chi connectivity index (χ3v) is 3.32. The van der Waals surface area contributed by atoms with Crippen LogP contribution in [0, 0.1) is 5.82 Å². The Kier molecular flexibility index (Phi) is 5.51. The lowest BCUT2D eigenvalue weighted by molar-refractivity contribution is 0.0935. The van der Waals surface area contributed by atoms with E-state index in [2.05, 4.69) is 10.3 Å². The Balaban J connectivity index is 2.15. The molecule has 0 bridgehead atoms. The maximum atomic E-state index is 13.8. The van der Waals surface area contributed by atoms with Crippen LogP contribution in [-0.4, -0.2) is 24.6 Å². The Morgan fingerprint density at radius 1 is 1.39 bits per heavy atom. The van der Waals surface area contributed by atoms with Crippen molar-refractivity contribution in [3.8, 4) is 11.6 Å². The third kappa shape index (κ3) is 3.97. The predicted molar refractivity (Wildman–Crippen MR) is 84.2 cm³/mol. The minimum atomic E-state index is -0.470. The topological polar surface area (TPSA) is 60.5 Å². The summed E-state index contributed by atoms with van der Waals surface area (Å²) in [5.74, 6) is -0.355. The van der Waals surface area contributed by atoms with Gasteiger partial charge in [0.2, 0.25) is 5.88 Å². The van der Waals surface area contributed by atoms with E-state index < -0.39 is 5.82 Å². The summed E-state index contributed by atoms with van der Waals surface area (Å²) in [5.41, 5.74) is 0.980. The fraction of sp³-hybridized carbons (Fsp3) is 0.294. The summed E-state index contributed by atoms with van der Waals surface area (Å²) in [6.45, 7) is 4.01. The summed E-state index contributed by atoms with van der Waals surface area (Å²) in [6.07, 6.45) is 1.56. The van der Waals surface area contributed by atoms with Crippen LogP contribution in [0.5, 0.6) is 11.6 Å². The molecule has 6 heteroatoms. The second-order valence-electron chi connectivity index (χ2n) is 4.88. The summed E-state index contributed by atoms with van der Waals surface area (Å²) in [5, 5.41) is 2.81. The van der Waals surface area contributed by atoms with Gasteiger partial charge in [-0.2, -0.15) is 0 Å². The number of benzene rings is 1. The minimum Gasteiger partial charge on any atom is -0.494 e. The number of pyridine rings is 1. The van der Waals surface area contributed by atoms with Gasteiger partial charge in [0.1, 0.15) is 5.56 Å². The molecule has 1 aromatic carbocycles. The molecular weight excluding hydrogens is 299 g/mol. The molecule has 5 nitrogen and oxygen atoms in total. The van der Waals surface area contributed by atoms with E-state index in [1.165, 1.54) is 19.2 Å². The highest BCUT2D eigenvalue weighted by molar-refractivity contribution is 5.96. The first-order valence-corrected chi connectivity index (χ1v) is 7.29. The molecule has 0 unspecified atom stereocenters. The zero-order chi connectivity index (χ0) is 16.8. The molecule has 23 heavy (non-hydrogen) atoms. The molecule has 2 rings (SSSR count). The average Bonchev–Trinajstić information content (AvgIpc) is 2.55. The van der Waals surface area contributed by atoms with Crippen molar-refractivity contribution in [3.63, 3.8) is 0 Å². The van der Waals surface area contributed by atoms with Crippen molar-refractivity contribution in [1.29, 1.82) is 0 Å². The molecule has 0 spiro atoms. The van der Waals surface area contributed by atoms with Crippen LogP contribution in [0.3, 0.4) is 0 Å². The fourth-order valence-corrected chi connectivity index (χ4v) is 2.13. The number of carbonyl (C=O) groups excluding carboxylic acids is 1. The number of aromatic nitrogens is 1. The first-order valence-electron chi connectivity index (χ1n) is 7.29. The molecule has 122 valence electrons. The molecule has 0 aliphatic heterocycles. The van der Waals surface area contributed by atoms with Crippen molar-refractivity contribution in [1.82, 2.24) is 10.3 Å². The van der Waals surface area contributed by atoms with Crippen molar-refractivity contribution < 1.29 is 18.7 Å². The fourth-order valence-electron chi connectivity index (χ4n) is 2.13. The van der Waals surface area contributed by atoms with Crippen LogP contribution in [-0.2, 0) is 0 Å². The molecule has 1 atom stereocenters. The van der Waals surface area contributed by atoms with Crippen LogP contribution < -0.4 is 14.8 Å². The second kappa shape index (κ2) is 7.58. The number of nitrogens with one attached hydrogen (secondary N) is 1. The molecular formula is C17H19FN2O3. The first-order chi connectivity index (χ1) is 11.1. The number of ether oxygens (including phenoxy) is 2. The number of nitrogens with zero attached hydrogens (tertiary/aromatic N) is 1. The molecule has 0 saturated carbocycles. The van der Waals surface area contributed by atoms with Crippen LogP contribution in [0.25, 0.3) is 0 Å². The first kappa shape index (κ1) is 16.7. The van der Waals surface area contributed by atoms with E-state index in [9.17, 15) is 9.18 Å². The van der Waals surface area contributed by atoms with Crippen molar-refractivity contribution in [2.45, 2.75) is 19.9 Å². The lowest BCUT2D eigenvalue weighted by Gasteiger charge is -2.16. The number of methoxy groups -OCH3 is 1. The zero-order valence-electron chi connectivity index (χ0n) is 13.3. The van der Waals surface area contributed by atoms with Gasteiger partial charge in [0.25, 0.3) is 5.91 Å². The highest BCUT2D eigenvalue weighted by Crippen LogP contribution is 2.22. The van der Waals surface area contributed by atoms with Gasteiger partial charge in [-0.15, -0.1) is 0 Å². The molecule has 1 amide bonds. The smallest absolute Gasteiger partial charge is 0.257 e. The zero-order valence-corrected chi connectivity index (χ0v) is 13.3. The number of hydrogen-bond acceptors (Lipinski definition) is 4. The summed E-state index contributed by atoms with van der Waals surface area (Å²) in [6, 6.07) is 7.50. The summed E-state index contributed by atoms with van der Waals surface area (Å²) < 4.78 is 24.0. The Morgan fingerprint density at radius 2 is 2.17 bits per heavy atom. The van der Waals surface area contributed by atoms with Crippen molar-refractivity contribution in [2.24, 2.45) is 0 Å². The largest absolute Gasteiger partial charge is 0.494 e. The Labute approximate surface area is 134 Å². The second-order valence-corrected chi connectivity index (χ2v) is 4.88. The monoisotopic (exact) mass is 318 g/mol. The molecule has 1 aromatic heterocycles. The van der Waals surface area contributed by atoms with Gasteiger partial charge in [-0.1, -0.05) is 6.07 Å². The average molecular weight is 318 g/mol. The van der Waals surface area contributed by atoms with Crippen molar-refractivity contribution in [3.05, 3.63) is 53.5 Å². The van der Waals surface area contributed by atoms with Gasteiger partial charge in [0, 0.05) is 6.20 Å². The van der Waals surface area contributed by atoms with E-state index in [1.54, 1.807) is 31.3 Å². The van der Waals surface area contributed by atoms with E-state index >= 15 is 0 Å². The number of rotatable bonds is 6. The number of halogens is 1. The molecule has 0 radical (unpaired) electrons. The lowest BCUT2D eigenvalue weighted by atomic mass is 10.1. The summed E-state index contributed by atoms with van der Waals surface area (Å²) >= 11 is 0. The molecule has 0 fully saturated rings. The van der Waals surface area contributed by atoms with E-state index in [0.29, 0.717) is 17.7 Å². The van der Waals surface area contributed by atoms with Crippen molar-refractivity contribution in [2.75, 3.05) is 13.7 Å². The molecule has 1 heterocycles. The normalized spacial score (nSPS) is 11.7. The van der Waals surface area contributed by atoms with Gasteiger partial charge in [-0.05, 0) is 43.7 Å². The molecule has 2 aromatic rings. The van der Waals surface area contributed by atoms with Gasteiger partial charge in [-0.25, -0.2) is 9.37 Å². The van der Waals surface area contributed by atoms with E-state index in [0.717, 1.165) is 0 Å². The Hall–Kier alpha value is -2.63. The van der Waals surface area contributed by atoms with E-state index in [4.69, 9.17) is 9.47 Å². The molecule has 0 saturated heterocycles. The number of amides is 1. The number of carbonyl (C=O) groups is 1. The highest BCUT2D eigenvalue weighted by atomic mass is 19.1. The maximum absolute atomic E-state index is 13.8. The highest BCUT2D eigenvalue weighted by Gasteiger charge is 2.17. The molecule has 1 N–H and O–H groups in total. The summed E-state index contributed by atoms with van der Waals surface area (Å²) in [7, 11) is 1.40. The maximum Gasteiger partial charge on any atom is 0.257 e. The Bertz CT molecular complexity index is 691. The van der Waals surface area contributed by atoms with Gasteiger partial charge < -0.3 is 14.8 Å². The lowest BCUT2D eigenvalue weighted by Crippen LogP contribution is -2.27. The van der Waals surface area contributed by atoms with Crippen LogP contribution in [0.1, 0.15) is 35.8 Å². The van der Waals surface area contributed by atoms with Gasteiger partial charge in [-0.3, -0.25) is 4.79 Å². The van der Waals surface area contributed by atoms with Crippen LogP contribution in [0.4, 0.5) is 4.39 Å². The minimum absolute atomic E-state index is 0.165. The predicted octanol–water partition coefficient (Wildman–Crippen LogP) is 3.12. The standard InChI is InChI=1S/C17H19FN2O3/c1-4-23-17-13(6-5-9-19-17)16(21)20-11(2)12-7-8-15(22-3)14(18)10-12/h5-11H,4H2,1-3H3,(H,20,21)/t11-/m1/s1. The summed E-state index contributed by atoms with van der Waals surface area (Å²) in [4.78, 5) is 16.4. The molecule has 0 aliphatic carbocycles. The Morgan fingerprint density at radius 3 is 2.83 bits per heavy atom. The third-order valence-electron chi connectivity index (χ3n) is 3.32. The van der Waals surface area contributed by atoms with Gasteiger partial charge >= 0.3 is 0 Å². The van der Waals surface area contributed by atoms with Crippen LogP contribution in [0.15, 0.2) is 36.5 Å². The van der Waals surface area contributed by atoms with E-state index in [-0.39, 0.29) is 23.6 Å². The van der Waals surface area contributed by atoms with Crippen molar-refractivity contribution >= 4 is 5.91 Å². The van der Waals surface area contributed by atoms with E-state index in [1.807, 2.05) is 6.92 Å².